The molecule has 3 aliphatic rings. The normalized spacial score (nSPS) is 30.1. The number of nitrogens with zero attached hydrogens (tertiary/aromatic N) is 2. The summed E-state index contributed by atoms with van der Waals surface area (Å²) < 4.78 is 18.4. The number of rotatable bonds is 8. The van der Waals surface area contributed by atoms with Crippen molar-refractivity contribution in [1.29, 1.82) is 0 Å². The third-order valence-electron chi connectivity index (χ3n) is 6.21. The van der Waals surface area contributed by atoms with Gasteiger partial charge in [0.05, 0.1) is 18.6 Å². The molecule has 156 valence electrons. The van der Waals surface area contributed by atoms with E-state index in [1.165, 1.54) is 32.1 Å². The summed E-state index contributed by atoms with van der Waals surface area (Å²) in [4.78, 5) is 16.9. The fraction of sp³-hybridized carbons (Fsp3) is 0.952. The molecule has 1 atom stereocenters. The summed E-state index contributed by atoms with van der Waals surface area (Å²) in [5.74, 6) is -0.00402. The second-order valence-corrected chi connectivity index (χ2v) is 8.07. The molecule has 0 spiro atoms. The topological polar surface area (TPSA) is 51.2 Å². The number of hydrogen-bond donors (Lipinski definition) is 0. The van der Waals surface area contributed by atoms with Crippen LogP contribution in [0.4, 0.5) is 0 Å². The molecule has 0 aromatic rings. The van der Waals surface area contributed by atoms with E-state index in [0.717, 1.165) is 51.9 Å². The highest BCUT2D eigenvalue weighted by molar-refractivity contribution is 5.72. The lowest BCUT2D eigenvalue weighted by atomic mass is 9.87. The molecule has 27 heavy (non-hydrogen) atoms. The molecule has 2 heterocycles. The fourth-order valence-corrected chi connectivity index (χ4v) is 4.82. The summed E-state index contributed by atoms with van der Waals surface area (Å²) in [6.07, 6.45) is 9.79. The molecule has 6 heteroatoms. The van der Waals surface area contributed by atoms with Gasteiger partial charge in [0, 0.05) is 32.8 Å². The third-order valence-corrected chi connectivity index (χ3v) is 6.21. The van der Waals surface area contributed by atoms with Crippen LogP contribution in [0.1, 0.15) is 71.6 Å². The zero-order valence-corrected chi connectivity index (χ0v) is 17.3. The van der Waals surface area contributed by atoms with Crippen molar-refractivity contribution in [3.63, 3.8) is 0 Å². The minimum absolute atomic E-state index is 0.0352. The van der Waals surface area contributed by atoms with E-state index in [1.807, 2.05) is 6.92 Å². The van der Waals surface area contributed by atoms with E-state index >= 15 is 0 Å². The van der Waals surface area contributed by atoms with Gasteiger partial charge >= 0.3 is 5.97 Å². The maximum Gasteiger partial charge on any atom is 0.308 e. The summed E-state index contributed by atoms with van der Waals surface area (Å²) in [7, 11) is 0. The zero-order chi connectivity index (χ0) is 19.1. The predicted molar refractivity (Wildman–Crippen MR) is 104 cm³/mol. The average Bonchev–Trinajstić information content (AvgIpc) is 3.24. The second-order valence-electron chi connectivity index (χ2n) is 8.07. The van der Waals surface area contributed by atoms with Crippen LogP contribution in [0.3, 0.4) is 0 Å². The highest BCUT2D eigenvalue weighted by Crippen LogP contribution is 2.36. The monoisotopic (exact) mass is 382 g/mol. The number of esters is 1. The number of ether oxygens (including phenoxy) is 3. The first-order valence-corrected chi connectivity index (χ1v) is 11.2. The van der Waals surface area contributed by atoms with E-state index in [2.05, 4.69) is 16.7 Å². The van der Waals surface area contributed by atoms with Gasteiger partial charge in [-0.05, 0) is 65.2 Å². The van der Waals surface area contributed by atoms with Gasteiger partial charge in [-0.15, -0.1) is 0 Å². The van der Waals surface area contributed by atoms with E-state index in [4.69, 9.17) is 14.2 Å². The Morgan fingerprint density at radius 1 is 0.852 bits per heavy atom. The Morgan fingerprint density at radius 2 is 1.41 bits per heavy atom. The summed E-state index contributed by atoms with van der Waals surface area (Å²) in [5, 5.41) is 0. The number of likely N-dealkylation sites (tertiary alicyclic amines) is 2. The van der Waals surface area contributed by atoms with Gasteiger partial charge in [-0.2, -0.15) is 0 Å². The molecule has 0 bridgehead atoms. The van der Waals surface area contributed by atoms with Crippen LogP contribution in [0.25, 0.3) is 0 Å². The Bertz CT molecular complexity index is 455. The van der Waals surface area contributed by atoms with Crippen molar-refractivity contribution >= 4 is 5.97 Å². The Hall–Kier alpha value is -0.690. The van der Waals surface area contributed by atoms with Crippen LogP contribution in [-0.2, 0) is 19.0 Å². The standard InChI is InChI=1S/C21H38N2O4/c1-3-25-20(24)18-10-12-19(13-11-18)27-21(26-4-2,23-16-8-9-17-23)22-14-6-5-7-15-22/h18-19H,3-17H2,1-2H3/t18-,19-,21?. The van der Waals surface area contributed by atoms with E-state index < -0.39 is 6.03 Å². The minimum atomic E-state index is -0.715. The largest absolute Gasteiger partial charge is 0.466 e. The zero-order valence-electron chi connectivity index (χ0n) is 17.3. The number of carbonyl (C=O) groups is 1. The van der Waals surface area contributed by atoms with Crippen LogP contribution in [-0.4, -0.2) is 67.3 Å². The Kier molecular flexibility index (Phi) is 7.94. The smallest absolute Gasteiger partial charge is 0.308 e. The van der Waals surface area contributed by atoms with Gasteiger partial charge in [0.1, 0.15) is 0 Å². The summed E-state index contributed by atoms with van der Waals surface area (Å²) in [6.45, 7) is 9.19. The van der Waals surface area contributed by atoms with Crippen LogP contribution in [0.15, 0.2) is 0 Å². The van der Waals surface area contributed by atoms with Crippen LogP contribution in [0.5, 0.6) is 0 Å². The number of carbonyl (C=O) groups excluding carboxylic acids is 1. The molecule has 0 amide bonds. The SMILES string of the molecule is CCOC(=O)[C@H]1CC[C@H](OC(OCC)(N2CCCCC2)N2CCCC2)CC1. The Labute approximate surface area is 164 Å². The van der Waals surface area contributed by atoms with Crippen LogP contribution >= 0.6 is 0 Å². The van der Waals surface area contributed by atoms with Crippen molar-refractivity contribution in [2.45, 2.75) is 83.8 Å². The van der Waals surface area contributed by atoms with E-state index in [1.54, 1.807) is 0 Å². The minimum Gasteiger partial charge on any atom is -0.466 e. The van der Waals surface area contributed by atoms with Gasteiger partial charge in [-0.1, -0.05) is 6.42 Å². The summed E-state index contributed by atoms with van der Waals surface area (Å²) in [6, 6.07) is -0.715. The first-order chi connectivity index (χ1) is 13.2. The highest BCUT2D eigenvalue weighted by Gasteiger charge is 2.48. The molecule has 6 nitrogen and oxygen atoms in total. The second kappa shape index (κ2) is 10.2. The molecule has 0 aromatic carbocycles. The molecule has 0 radical (unpaired) electrons. The molecular weight excluding hydrogens is 344 g/mol. The molecule has 2 saturated heterocycles. The first-order valence-electron chi connectivity index (χ1n) is 11.2. The molecule has 0 aromatic heterocycles. The van der Waals surface area contributed by atoms with E-state index in [-0.39, 0.29) is 18.0 Å². The average molecular weight is 383 g/mol. The molecular formula is C21H38N2O4. The third kappa shape index (κ3) is 5.03. The lowest BCUT2D eigenvalue weighted by Crippen LogP contribution is -2.65. The lowest BCUT2D eigenvalue weighted by Gasteiger charge is -2.50. The van der Waals surface area contributed by atoms with Crippen molar-refractivity contribution in [2.75, 3.05) is 39.4 Å². The van der Waals surface area contributed by atoms with E-state index in [9.17, 15) is 4.79 Å². The quantitative estimate of drug-likeness (QED) is 0.474. The van der Waals surface area contributed by atoms with Gasteiger partial charge in [0.25, 0.3) is 6.03 Å². The number of hydrogen-bond acceptors (Lipinski definition) is 6. The van der Waals surface area contributed by atoms with Crippen molar-refractivity contribution in [2.24, 2.45) is 5.92 Å². The van der Waals surface area contributed by atoms with Gasteiger partial charge in [-0.3, -0.25) is 4.79 Å². The molecule has 0 N–H and O–H groups in total. The summed E-state index contributed by atoms with van der Waals surface area (Å²) in [5.41, 5.74) is 0. The molecule has 1 saturated carbocycles. The summed E-state index contributed by atoms with van der Waals surface area (Å²) >= 11 is 0. The maximum absolute atomic E-state index is 12.0. The molecule has 3 fully saturated rings. The predicted octanol–water partition coefficient (Wildman–Crippen LogP) is 3.35. The van der Waals surface area contributed by atoms with Gasteiger partial charge in [0.2, 0.25) is 0 Å². The lowest BCUT2D eigenvalue weighted by molar-refractivity contribution is -0.403. The first kappa shape index (κ1) is 21.0. The van der Waals surface area contributed by atoms with Gasteiger partial charge in [-0.25, -0.2) is 9.80 Å². The Morgan fingerprint density at radius 3 is 1.93 bits per heavy atom. The van der Waals surface area contributed by atoms with Crippen molar-refractivity contribution < 1.29 is 19.0 Å². The number of piperidine rings is 1. The van der Waals surface area contributed by atoms with Crippen LogP contribution in [0, 0.1) is 5.92 Å². The van der Waals surface area contributed by atoms with Gasteiger partial charge in [0.15, 0.2) is 0 Å². The fourth-order valence-electron chi connectivity index (χ4n) is 4.82. The molecule has 1 unspecified atom stereocenters. The molecule has 2 aliphatic heterocycles. The molecule has 3 rings (SSSR count). The van der Waals surface area contributed by atoms with Crippen LogP contribution in [0.2, 0.25) is 0 Å². The van der Waals surface area contributed by atoms with Gasteiger partial charge < -0.3 is 14.2 Å². The van der Waals surface area contributed by atoms with E-state index in [0.29, 0.717) is 13.2 Å². The van der Waals surface area contributed by atoms with Crippen LogP contribution < -0.4 is 0 Å². The highest BCUT2D eigenvalue weighted by atomic mass is 16.7. The maximum atomic E-state index is 12.0. The Balaban J connectivity index is 1.68. The van der Waals surface area contributed by atoms with Crippen molar-refractivity contribution in [3.8, 4) is 0 Å². The van der Waals surface area contributed by atoms with Crippen molar-refractivity contribution in [1.82, 2.24) is 9.80 Å². The molecule has 1 aliphatic carbocycles. The van der Waals surface area contributed by atoms with Crippen molar-refractivity contribution in [3.05, 3.63) is 0 Å².